The Labute approximate surface area is 348 Å². The van der Waals surface area contributed by atoms with Crippen LogP contribution < -0.4 is 15.2 Å². The molecule has 8 rings (SSSR count). The van der Waals surface area contributed by atoms with Gasteiger partial charge in [0.1, 0.15) is 17.2 Å². The van der Waals surface area contributed by atoms with Crippen molar-refractivity contribution >= 4 is 81.5 Å². The number of pyridine rings is 1. The summed E-state index contributed by atoms with van der Waals surface area (Å²) in [7, 11) is 2.70. The lowest BCUT2D eigenvalue weighted by atomic mass is 9.49. The molecule has 4 aromatic rings. The average molecular weight is 876 g/mol. The predicted molar refractivity (Wildman–Crippen MR) is 208 cm³/mol. The largest absolute Gasteiger partial charge is 0.508 e. The summed E-state index contributed by atoms with van der Waals surface area (Å²) in [5.74, 6) is -8.20. The molecule has 2 N–H and O–H groups in total. The molecule has 0 radical (unpaired) electrons. The number of nitrogens with one attached hydrogen (secondary N) is 1. The number of phenols is 1. The van der Waals surface area contributed by atoms with Crippen molar-refractivity contribution in [3.8, 4) is 11.5 Å². The van der Waals surface area contributed by atoms with Gasteiger partial charge < -0.3 is 9.84 Å². The van der Waals surface area contributed by atoms with E-state index < -0.39 is 76.3 Å². The molecule has 0 bridgehead atoms. The number of methoxy groups -OCH3 is 1. The van der Waals surface area contributed by atoms with Gasteiger partial charge in [-0.1, -0.05) is 76.3 Å². The van der Waals surface area contributed by atoms with Gasteiger partial charge in [-0.2, -0.15) is 23.2 Å². The Hall–Kier alpha value is -5.02. The van der Waals surface area contributed by atoms with E-state index in [1.54, 1.807) is 36.4 Å². The number of fused-ring (bicyclic) bond motifs is 4. The molecular formula is C40H30Cl4F3N5O6. The lowest BCUT2D eigenvalue weighted by molar-refractivity contribution is -0.142. The fourth-order valence-corrected chi connectivity index (χ4v) is 10.1. The maximum absolute atomic E-state index is 15.4. The molecule has 6 unspecified atom stereocenters. The van der Waals surface area contributed by atoms with Gasteiger partial charge >= 0.3 is 6.18 Å². The Kier molecular flexibility index (Phi) is 9.85. The SMILES string of the molecule is COc1ccc(C23C(=O)N(Nc4ccc(Cl)cc4Cl)C(=O)C2CC2C(=CCC4C(=O)N(N(C)c5nc(C(F)(F)F)ccc5Cl)C(=O)C42)C3c2ccc(O)cc2Cl)cc1. The Bertz CT molecular complexity index is 2450. The Morgan fingerprint density at radius 2 is 1.60 bits per heavy atom. The highest BCUT2D eigenvalue weighted by Gasteiger charge is 2.71. The second kappa shape index (κ2) is 14.4. The van der Waals surface area contributed by atoms with Gasteiger partial charge in [-0.3, -0.25) is 29.6 Å². The number of rotatable bonds is 7. The Morgan fingerprint density at radius 3 is 2.26 bits per heavy atom. The number of aromatic nitrogens is 1. The van der Waals surface area contributed by atoms with E-state index in [9.17, 15) is 32.7 Å². The van der Waals surface area contributed by atoms with Crippen LogP contribution in [0.2, 0.25) is 20.1 Å². The third kappa shape index (κ3) is 6.06. The zero-order valence-electron chi connectivity index (χ0n) is 30.2. The van der Waals surface area contributed by atoms with Crippen molar-refractivity contribution in [2.24, 2.45) is 23.7 Å². The number of phenolic OH excluding ortho intramolecular Hbond substituents is 1. The first-order chi connectivity index (χ1) is 27.5. The quantitative estimate of drug-likeness (QED) is 0.139. The number of alkyl halides is 3. The van der Waals surface area contributed by atoms with Crippen molar-refractivity contribution < 1.29 is 42.2 Å². The number of carbonyl (C=O) groups excluding carboxylic acids is 4. The van der Waals surface area contributed by atoms with Gasteiger partial charge in [-0.15, -0.1) is 0 Å². The van der Waals surface area contributed by atoms with Crippen LogP contribution in [0.25, 0.3) is 0 Å². The number of benzene rings is 3. The van der Waals surface area contributed by atoms with Gasteiger partial charge in [-0.25, -0.2) is 4.98 Å². The van der Waals surface area contributed by atoms with Crippen LogP contribution in [0.5, 0.6) is 11.5 Å². The standard InChI is InChI=1S/C40H30Cl4F3N5O6/c1-50(34-27(42)12-14-31(48-34)40(45,46)47)52-35(54)24-11-10-22-25(32(24)37(52)56)17-26-36(55)51(49-30-13-5-19(41)15-29(30)44)38(57)39(26,18-3-7-21(58-2)8-4-18)33(22)23-9-6-20(53)16-28(23)43/h3-10,12-16,24-26,32-33,49,53H,11,17H2,1-2H3. The predicted octanol–water partition coefficient (Wildman–Crippen LogP) is 8.46. The minimum atomic E-state index is -4.85. The molecule has 6 atom stereocenters. The number of carbonyl (C=O) groups is 4. The van der Waals surface area contributed by atoms with Crippen LogP contribution in [0.1, 0.15) is 35.6 Å². The van der Waals surface area contributed by atoms with Crippen molar-refractivity contribution in [1.82, 2.24) is 15.0 Å². The summed E-state index contributed by atoms with van der Waals surface area (Å²) in [6.07, 6.45) is -3.19. The zero-order valence-corrected chi connectivity index (χ0v) is 33.3. The smallest absolute Gasteiger partial charge is 0.433 e. The van der Waals surface area contributed by atoms with Crippen LogP contribution in [0, 0.1) is 23.7 Å². The first-order valence-corrected chi connectivity index (χ1v) is 19.3. The highest BCUT2D eigenvalue weighted by atomic mass is 35.5. The van der Waals surface area contributed by atoms with Gasteiger partial charge in [-0.05, 0) is 84.5 Å². The van der Waals surface area contributed by atoms with Gasteiger partial charge in [0, 0.05) is 23.0 Å². The molecule has 58 heavy (non-hydrogen) atoms. The molecule has 3 aromatic carbocycles. The molecule has 0 spiro atoms. The first kappa shape index (κ1) is 39.8. The first-order valence-electron chi connectivity index (χ1n) is 17.8. The number of nitrogens with zero attached hydrogens (tertiary/aromatic N) is 4. The molecule has 2 aliphatic heterocycles. The lowest BCUT2D eigenvalue weighted by Gasteiger charge is -2.50. The van der Waals surface area contributed by atoms with E-state index in [0.29, 0.717) is 33.5 Å². The number of halogens is 7. The third-order valence-corrected chi connectivity index (χ3v) is 12.7. The summed E-state index contributed by atoms with van der Waals surface area (Å²) >= 11 is 25.9. The van der Waals surface area contributed by atoms with Crippen molar-refractivity contribution in [3.63, 3.8) is 0 Å². The minimum Gasteiger partial charge on any atom is -0.508 e. The number of allylic oxidation sites excluding steroid dienone is 2. The molecule has 4 amide bonds. The van der Waals surface area contributed by atoms with Gasteiger partial charge in [0.05, 0.1) is 46.0 Å². The monoisotopic (exact) mass is 873 g/mol. The molecule has 2 saturated heterocycles. The second-order valence-electron chi connectivity index (χ2n) is 14.4. The number of ether oxygens (including phenoxy) is 1. The number of imide groups is 2. The van der Waals surface area contributed by atoms with Crippen LogP contribution >= 0.6 is 46.4 Å². The topological polar surface area (TPSA) is 132 Å². The molecule has 3 heterocycles. The van der Waals surface area contributed by atoms with Gasteiger partial charge in [0.2, 0.25) is 0 Å². The fraction of sp³-hybridized carbons (Fsp3) is 0.275. The van der Waals surface area contributed by atoms with E-state index in [0.717, 1.165) is 21.1 Å². The van der Waals surface area contributed by atoms with E-state index in [-0.39, 0.29) is 39.3 Å². The Balaban J connectivity index is 1.29. The molecule has 18 heteroatoms. The van der Waals surface area contributed by atoms with E-state index in [1.165, 1.54) is 44.5 Å². The molecule has 4 aliphatic rings. The summed E-state index contributed by atoms with van der Waals surface area (Å²) in [4.78, 5) is 62.9. The molecule has 11 nitrogen and oxygen atoms in total. The lowest BCUT2D eigenvalue weighted by Crippen LogP contribution is -2.53. The summed E-state index contributed by atoms with van der Waals surface area (Å²) in [6.45, 7) is 0. The summed E-state index contributed by atoms with van der Waals surface area (Å²) in [6, 6.07) is 17.0. The van der Waals surface area contributed by atoms with Crippen molar-refractivity contribution in [1.29, 1.82) is 0 Å². The van der Waals surface area contributed by atoms with Crippen LogP contribution in [0.4, 0.5) is 24.7 Å². The fourth-order valence-electron chi connectivity index (χ4n) is 9.13. The number of hydrogen-bond acceptors (Lipinski definition) is 9. The van der Waals surface area contributed by atoms with Gasteiger partial charge in [0.25, 0.3) is 23.6 Å². The maximum Gasteiger partial charge on any atom is 0.433 e. The van der Waals surface area contributed by atoms with Crippen molar-refractivity contribution in [2.75, 3.05) is 24.6 Å². The molecule has 1 saturated carbocycles. The summed E-state index contributed by atoms with van der Waals surface area (Å²) in [5.41, 5.74) is 1.39. The van der Waals surface area contributed by atoms with Crippen LogP contribution in [0.3, 0.4) is 0 Å². The number of anilines is 2. The molecule has 3 fully saturated rings. The highest BCUT2D eigenvalue weighted by molar-refractivity contribution is 6.36. The number of hydrazine groups is 2. The number of amides is 4. The minimum absolute atomic E-state index is 0.00475. The third-order valence-electron chi connectivity index (χ3n) is 11.6. The van der Waals surface area contributed by atoms with Crippen LogP contribution in [-0.4, -0.2) is 57.9 Å². The summed E-state index contributed by atoms with van der Waals surface area (Å²) < 4.78 is 46.6. The molecular weight excluding hydrogens is 845 g/mol. The van der Waals surface area contributed by atoms with Crippen LogP contribution in [0.15, 0.2) is 84.4 Å². The molecule has 1 aromatic heterocycles. The molecule has 300 valence electrons. The van der Waals surface area contributed by atoms with E-state index in [4.69, 9.17) is 51.1 Å². The Morgan fingerprint density at radius 1 is 0.879 bits per heavy atom. The van der Waals surface area contributed by atoms with E-state index in [2.05, 4.69) is 10.4 Å². The van der Waals surface area contributed by atoms with Crippen molar-refractivity contribution in [3.05, 3.63) is 121 Å². The number of hydrogen-bond donors (Lipinski definition) is 2. The van der Waals surface area contributed by atoms with Gasteiger partial charge in [0.15, 0.2) is 5.82 Å². The van der Waals surface area contributed by atoms with Crippen molar-refractivity contribution in [2.45, 2.75) is 30.4 Å². The maximum atomic E-state index is 15.4. The normalized spacial score (nSPS) is 25.3. The molecule has 2 aliphatic carbocycles. The van der Waals surface area contributed by atoms with Crippen LogP contribution in [-0.2, 0) is 30.8 Å². The van der Waals surface area contributed by atoms with E-state index in [1.807, 2.05) is 0 Å². The number of aromatic hydroxyl groups is 1. The second-order valence-corrected chi connectivity index (χ2v) is 16.1. The average Bonchev–Trinajstić information content (AvgIpc) is 3.56. The summed E-state index contributed by atoms with van der Waals surface area (Å²) in [5, 5.41) is 13.2. The highest BCUT2D eigenvalue weighted by Crippen LogP contribution is 2.65. The van der Waals surface area contributed by atoms with E-state index >= 15 is 4.79 Å². The zero-order chi connectivity index (χ0) is 41.6.